The molecule has 0 bridgehead atoms. The van der Waals surface area contributed by atoms with Crippen molar-refractivity contribution < 1.29 is 13.2 Å². The summed E-state index contributed by atoms with van der Waals surface area (Å²) < 4.78 is 40.0. The molecule has 0 aromatic carbocycles. The van der Waals surface area contributed by atoms with Crippen LogP contribution in [0, 0.1) is 0 Å². The van der Waals surface area contributed by atoms with Crippen LogP contribution in [0.15, 0.2) is 0 Å². The lowest BCUT2D eigenvalue weighted by atomic mass is 9.95. The lowest BCUT2D eigenvalue weighted by Crippen LogP contribution is -2.65. The minimum absolute atomic E-state index is 0.129. The van der Waals surface area contributed by atoms with E-state index in [1.807, 2.05) is 6.92 Å². The van der Waals surface area contributed by atoms with Crippen LogP contribution in [0.2, 0.25) is 0 Å². The number of nitrogens with two attached hydrogens (primary N) is 1. The van der Waals surface area contributed by atoms with Crippen LogP contribution in [0.1, 0.15) is 26.2 Å². The van der Waals surface area contributed by atoms with E-state index in [0.29, 0.717) is 6.42 Å². The fourth-order valence-electron chi connectivity index (χ4n) is 2.66. The van der Waals surface area contributed by atoms with Gasteiger partial charge in [0.15, 0.2) is 0 Å². The Balaban J connectivity index is 1.97. The molecule has 2 rings (SSSR count). The zero-order chi connectivity index (χ0) is 12.6. The Morgan fingerprint density at radius 3 is 2.47 bits per heavy atom. The van der Waals surface area contributed by atoms with E-state index in [4.69, 9.17) is 5.73 Å². The second kappa shape index (κ2) is 4.74. The van der Waals surface area contributed by atoms with Crippen LogP contribution in [0.25, 0.3) is 0 Å². The van der Waals surface area contributed by atoms with Crippen molar-refractivity contribution in [3.05, 3.63) is 0 Å². The molecule has 0 saturated carbocycles. The molecule has 17 heavy (non-hydrogen) atoms. The van der Waals surface area contributed by atoms with Crippen molar-refractivity contribution in [1.29, 1.82) is 0 Å². The summed E-state index contributed by atoms with van der Waals surface area (Å²) in [4.78, 5) is 1.76. The van der Waals surface area contributed by atoms with Gasteiger partial charge < -0.3 is 5.73 Å². The average molecular weight is 251 g/mol. The van der Waals surface area contributed by atoms with E-state index in [1.165, 1.54) is 0 Å². The molecule has 0 aromatic rings. The van der Waals surface area contributed by atoms with E-state index in [2.05, 4.69) is 5.32 Å². The Hall–Kier alpha value is -0.330. The molecule has 2 fully saturated rings. The lowest BCUT2D eigenvalue weighted by Gasteiger charge is -2.44. The molecule has 0 aliphatic carbocycles. The summed E-state index contributed by atoms with van der Waals surface area (Å²) in [5, 5.41) is 3.12. The maximum atomic E-state index is 14.0. The first-order valence-corrected chi connectivity index (χ1v) is 6.17. The van der Waals surface area contributed by atoms with Crippen LogP contribution in [0.5, 0.6) is 0 Å². The molecule has 0 amide bonds. The zero-order valence-electron chi connectivity index (χ0n) is 10.0. The highest BCUT2D eigenvalue weighted by Gasteiger charge is 2.42. The van der Waals surface area contributed by atoms with Gasteiger partial charge in [0.05, 0.1) is 6.17 Å². The van der Waals surface area contributed by atoms with Crippen molar-refractivity contribution in [2.75, 3.05) is 13.1 Å². The van der Waals surface area contributed by atoms with Crippen LogP contribution in [-0.2, 0) is 0 Å². The molecule has 0 spiro atoms. The zero-order valence-corrected chi connectivity index (χ0v) is 10.0. The van der Waals surface area contributed by atoms with E-state index in [-0.39, 0.29) is 32.0 Å². The van der Waals surface area contributed by atoms with Gasteiger partial charge in [0.2, 0.25) is 0 Å². The maximum absolute atomic E-state index is 14.0. The molecule has 4 atom stereocenters. The van der Waals surface area contributed by atoms with Gasteiger partial charge in [-0.05, 0) is 13.3 Å². The largest absolute Gasteiger partial charge is 0.325 e. The maximum Gasteiger partial charge on any atom is 0.250 e. The highest BCUT2D eigenvalue weighted by atomic mass is 19.3. The number of hydrogen-bond acceptors (Lipinski definition) is 3. The lowest BCUT2D eigenvalue weighted by molar-refractivity contribution is -0.0803. The monoisotopic (exact) mass is 251 g/mol. The Morgan fingerprint density at radius 2 is 1.88 bits per heavy atom. The van der Waals surface area contributed by atoms with E-state index >= 15 is 0 Å². The van der Waals surface area contributed by atoms with E-state index in [0.717, 1.165) is 0 Å². The molecule has 6 heteroatoms. The molecule has 100 valence electrons. The first kappa shape index (κ1) is 13.1. The number of hydrogen-bond donors (Lipinski definition) is 2. The molecule has 2 aliphatic heterocycles. The van der Waals surface area contributed by atoms with Crippen molar-refractivity contribution in [2.24, 2.45) is 5.73 Å². The summed E-state index contributed by atoms with van der Waals surface area (Å²) in [7, 11) is 0. The number of nitrogens with one attached hydrogen (secondary N) is 1. The van der Waals surface area contributed by atoms with Gasteiger partial charge in [-0.25, -0.2) is 13.2 Å². The summed E-state index contributed by atoms with van der Waals surface area (Å²) in [6.07, 6.45) is -1.49. The molecule has 4 unspecified atom stereocenters. The molecule has 2 aliphatic rings. The normalized spacial score (nSPS) is 43.6. The number of rotatable bonds is 1. The minimum Gasteiger partial charge on any atom is -0.325 e. The van der Waals surface area contributed by atoms with Crippen LogP contribution in [0.3, 0.4) is 0 Å². The third-order valence-electron chi connectivity index (χ3n) is 3.71. The van der Waals surface area contributed by atoms with Gasteiger partial charge in [-0.3, -0.25) is 10.2 Å². The second-order valence-corrected chi connectivity index (χ2v) is 5.25. The van der Waals surface area contributed by atoms with Crippen LogP contribution in [0.4, 0.5) is 13.2 Å². The number of piperidine rings is 2. The van der Waals surface area contributed by atoms with Crippen molar-refractivity contribution in [1.82, 2.24) is 10.2 Å². The molecule has 3 nitrogen and oxygen atoms in total. The van der Waals surface area contributed by atoms with Gasteiger partial charge in [-0.2, -0.15) is 0 Å². The third kappa shape index (κ3) is 2.92. The van der Waals surface area contributed by atoms with Gasteiger partial charge in [0.1, 0.15) is 6.17 Å². The van der Waals surface area contributed by atoms with Gasteiger partial charge >= 0.3 is 0 Å². The van der Waals surface area contributed by atoms with Gasteiger partial charge in [-0.15, -0.1) is 0 Å². The number of alkyl halides is 3. The smallest absolute Gasteiger partial charge is 0.250 e. The van der Waals surface area contributed by atoms with Crippen molar-refractivity contribution in [3.8, 4) is 0 Å². The molecule has 3 N–H and O–H groups in total. The van der Waals surface area contributed by atoms with Crippen molar-refractivity contribution >= 4 is 0 Å². The van der Waals surface area contributed by atoms with Crippen LogP contribution < -0.4 is 11.1 Å². The fourth-order valence-corrected chi connectivity index (χ4v) is 2.66. The fraction of sp³-hybridized carbons (Fsp3) is 1.00. The summed E-state index contributed by atoms with van der Waals surface area (Å²) >= 11 is 0. The third-order valence-corrected chi connectivity index (χ3v) is 3.71. The summed E-state index contributed by atoms with van der Waals surface area (Å²) in [6.45, 7) is 2.40. The molecule has 2 saturated heterocycles. The molecular formula is C11H20F3N3. The Labute approximate surface area is 99.5 Å². The highest BCUT2D eigenvalue weighted by Crippen LogP contribution is 2.30. The van der Waals surface area contributed by atoms with Gasteiger partial charge in [-0.1, -0.05) is 0 Å². The van der Waals surface area contributed by atoms with Crippen LogP contribution >= 0.6 is 0 Å². The van der Waals surface area contributed by atoms with Crippen molar-refractivity contribution in [3.63, 3.8) is 0 Å². The first-order valence-electron chi connectivity index (χ1n) is 6.17. The SMILES string of the molecule is CC1CC(N)C(F)C(N2CCC(F)(F)CC2)N1. The Morgan fingerprint density at radius 1 is 1.29 bits per heavy atom. The molecular weight excluding hydrogens is 231 g/mol. The number of halogens is 3. The number of likely N-dealkylation sites (tertiary alicyclic amines) is 1. The topological polar surface area (TPSA) is 41.3 Å². The molecule has 2 heterocycles. The quantitative estimate of drug-likeness (QED) is 0.733. The van der Waals surface area contributed by atoms with Gasteiger partial charge in [0, 0.05) is 38.0 Å². The Kier molecular flexibility index (Phi) is 3.66. The van der Waals surface area contributed by atoms with Crippen molar-refractivity contribution in [2.45, 2.75) is 56.5 Å². The van der Waals surface area contributed by atoms with E-state index in [9.17, 15) is 13.2 Å². The highest BCUT2D eigenvalue weighted by molar-refractivity contribution is 4.95. The Bertz CT molecular complexity index is 265. The second-order valence-electron chi connectivity index (χ2n) is 5.25. The summed E-state index contributed by atoms with van der Waals surface area (Å²) in [5.74, 6) is -2.59. The molecule has 0 aromatic heterocycles. The van der Waals surface area contributed by atoms with E-state index < -0.39 is 24.3 Å². The van der Waals surface area contributed by atoms with E-state index in [1.54, 1.807) is 4.90 Å². The summed E-state index contributed by atoms with van der Waals surface area (Å²) in [5.41, 5.74) is 5.73. The predicted octanol–water partition coefficient (Wildman–Crippen LogP) is 1.09. The standard InChI is InChI=1S/C11H20F3N3/c1-7-6-8(15)9(12)10(16-7)17-4-2-11(13,14)3-5-17/h7-10,16H,2-6,15H2,1H3. The average Bonchev–Trinajstić information content (AvgIpc) is 2.24. The predicted molar refractivity (Wildman–Crippen MR) is 59.6 cm³/mol. The number of nitrogens with zero attached hydrogens (tertiary/aromatic N) is 1. The van der Waals surface area contributed by atoms with Crippen LogP contribution in [-0.4, -0.2) is 48.3 Å². The molecule has 0 radical (unpaired) electrons. The first-order chi connectivity index (χ1) is 7.89. The minimum atomic E-state index is -2.59. The summed E-state index contributed by atoms with van der Waals surface area (Å²) in [6, 6.07) is -0.372. The van der Waals surface area contributed by atoms with Gasteiger partial charge in [0.25, 0.3) is 5.92 Å².